The van der Waals surface area contributed by atoms with Gasteiger partial charge < -0.3 is 19.3 Å². The standard InChI is InChI=1S/C25H32N2O7/c1-25(2,3)34-24(31)27(20(23(30)33-5)15-17-11-7-6-8-12-17)26-19(22(28)29)16-18-13-9-10-14-21(18)32-4/h6-14,19-20,26H,15-16H2,1-5H3,(H,28,29)/t19-,20-/m0/s1. The number of carboxylic acids is 1. The van der Waals surface area contributed by atoms with Gasteiger partial charge in [0.2, 0.25) is 0 Å². The van der Waals surface area contributed by atoms with Gasteiger partial charge in [0.05, 0.1) is 14.2 Å². The van der Waals surface area contributed by atoms with Gasteiger partial charge in [-0.2, -0.15) is 0 Å². The van der Waals surface area contributed by atoms with Crippen molar-refractivity contribution in [3.63, 3.8) is 0 Å². The number of nitrogens with one attached hydrogen (secondary N) is 1. The molecule has 0 saturated carbocycles. The van der Waals surface area contributed by atoms with Crippen molar-refractivity contribution in [3.05, 3.63) is 65.7 Å². The minimum atomic E-state index is -1.27. The van der Waals surface area contributed by atoms with Crippen LogP contribution >= 0.6 is 0 Å². The number of aliphatic carboxylic acids is 1. The second-order valence-corrected chi connectivity index (χ2v) is 8.61. The fourth-order valence-electron chi connectivity index (χ4n) is 3.28. The van der Waals surface area contributed by atoms with Crippen molar-refractivity contribution in [1.29, 1.82) is 0 Å². The number of amides is 1. The van der Waals surface area contributed by atoms with E-state index in [1.54, 1.807) is 69.3 Å². The molecule has 0 aliphatic heterocycles. The van der Waals surface area contributed by atoms with E-state index >= 15 is 0 Å². The smallest absolute Gasteiger partial charge is 0.425 e. The summed E-state index contributed by atoms with van der Waals surface area (Å²) in [5, 5.41) is 10.8. The molecular formula is C25H32N2O7. The molecule has 0 fully saturated rings. The summed E-state index contributed by atoms with van der Waals surface area (Å²) in [7, 11) is 2.69. The summed E-state index contributed by atoms with van der Waals surface area (Å²) >= 11 is 0. The molecule has 2 atom stereocenters. The molecule has 2 aromatic carbocycles. The number of carboxylic acid groups (broad SMARTS) is 1. The molecule has 9 heteroatoms. The number of para-hydroxylation sites is 1. The fraction of sp³-hybridized carbons (Fsp3) is 0.400. The van der Waals surface area contributed by atoms with E-state index in [-0.39, 0.29) is 12.8 Å². The van der Waals surface area contributed by atoms with Crippen LogP contribution in [0.1, 0.15) is 31.9 Å². The molecular weight excluding hydrogens is 440 g/mol. The van der Waals surface area contributed by atoms with Crippen LogP contribution in [-0.4, -0.2) is 60.1 Å². The van der Waals surface area contributed by atoms with Crippen LogP contribution in [0.4, 0.5) is 4.79 Å². The Labute approximate surface area is 199 Å². The quantitative estimate of drug-likeness (QED) is 0.400. The van der Waals surface area contributed by atoms with E-state index in [4.69, 9.17) is 14.2 Å². The SMILES string of the molecule is COC(=O)[C@H](Cc1ccccc1)N(N[C@@H](Cc1ccccc1OC)C(=O)O)C(=O)OC(C)(C)C. The summed E-state index contributed by atoms with van der Waals surface area (Å²) in [5.41, 5.74) is 3.20. The first kappa shape index (κ1) is 26.7. The molecule has 2 aromatic rings. The predicted molar refractivity (Wildman–Crippen MR) is 125 cm³/mol. The van der Waals surface area contributed by atoms with Crippen molar-refractivity contribution < 1.29 is 33.7 Å². The maximum atomic E-state index is 13.2. The van der Waals surface area contributed by atoms with E-state index in [0.717, 1.165) is 10.6 Å². The van der Waals surface area contributed by atoms with Gasteiger partial charge in [-0.05, 0) is 38.0 Å². The number of nitrogens with zero attached hydrogens (tertiary/aromatic N) is 1. The van der Waals surface area contributed by atoms with Crippen LogP contribution in [0.15, 0.2) is 54.6 Å². The van der Waals surface area contributed by atoms with Crippen LogP contribution in [-0.2, 0) is 31.9 Å². The molecule has 0 heterocycles. The Balaban J connectivity index is 2.44. The molecule has 2 rings (SSSR count). The topological polar surface area (TPSA) is 114 Å². The summed E-state index contributed by atoms with van der Waals surface area (Å²) in [5.74, 6) is -1.43. The number of ether oxygens (including phenoxy) is 3. The van der Waals surface area contributed by atoms with Gasteiger partial charge in [0.25, 0.3) is 0 Å². The van der Waals surface area contributed by atoms with Crippen LogP contribution in [0, 0.1) is 0 Å². The molecule has 0 radical (unpaired) electrons. The van der Waals surface area contributed by atoms with E-state index < -0.39 is 35.7 Å². The zero-order valence-electron chi connectivity index (χ0n) is 20.1. The van der Waals surface area contributed by atoms with Crippen LogP contribution in [0.5, 0.6) is 5.75 Å². The third-order valence-electron chi connectivity index (χ3n) is 4.86. The highest BCUT2D eigenvalue weighted by Gasteiger charge is 2.37. The van der Waals surface area contributed by atoms with Crippen molar-refractivity contribution in [1.82, 2.24) is 10.4 Å². The maximum absolute atomic E-state index is 13.2. The highest BCUT2D eigenvalue weighted by atomic mass is 16.6. The number of rotatable bonds is 10. The Morgan fingerprint density at radius 1 is 0.971 bits per heavy atom. The summed E-state index contributed by atoms with van der Waals surface area (Å²) in [6.45, 7) is 5.03. The molecule has 9 nitrogen and oxygen atoms in total. The Bertz CT molecular complexity index is 973. The molecule has 0 aromatic heterocycles. The molecule has 0 saturated heterocycles. The lowest BCUT2D eigenvalue weighted by Gasteiger charge is -2.34. The second-order valence-electron chi connectivity index (χ2n) is 8.61. The Kier molecular flexibility index (Phi) is 9.44. The largest absolute Gasteiger partial charge is 0.496 e. The Hall–Kier alpha value is -3.59. The molecule has 0 bridgehead atoms. The third-order valence-corrected chi connectivity index (χ3v) is 4.86. The average Bonchev–Trinajstić information content (AvgIpc) is 2.79. The molecule has 1 amide bonds. The van der Waals surface area contributed by atoms with Crippen molar-refractivity contribution in [2.45, 2.75) is 51.3 Å². The second kappa shape index (κ2) is 12.0. The molecule has 184 valence electrons. The van der Waals surface area contributed by atoms with E-state index in [2.05, 4.69) is 5.43 Å². The molecule has 2 N–H and O–H groups in total. The first-order valence-corrected chi connectivity index (χ1v) is 10.8. The number of hydrogen-bond donors (Lipinski definition) is 2. The van der Waals surface area contributed by atoms with Gasteiger partial charge >= 0.3 is 18.0 Å². The number of hydrogen-bond acceptors (Lipinski definition) is 7. The van der Waals surface area contributed by atoms with Gasteiger partial charge in [0.15, 0.2) is 6.04 Å². The Morgan fingerprint density at radius 3 is 2.15 bits per heavy atom. The molecule has 0 unspecified atom stereocenters. The summed E-state index contributed by atoms with van der Waals surface area (Å²) in [6, 6.07) is 13.6. The van der Waals surface area contributed by atoms with E-state index in [1.165, 1.54) is 14.2 Å². The highest BCUT2D eigenvalue weighted by Crippen LogP contribution is 2.21. The van der Waals surface area contributed by atoms with Crippen LogP contribution in [0.3, 0.4) is 0 Å². The lowest BCUT2D eigenvalue weighted by atomic mass is 10.0. The number of esters is 1. The lowest BCUT2D eigenvalue weighted by molar-refractivity contribution is -0.151. The molecule has 0 aliphatic carbocycles. The Morgan fingerprint density at radius 2 is 1.59 bits per heavy atom. The van der Waals surface area contributed by atoms with Gasteiger partial charge in [-0.25, -0.2) is 20.0 Å². The zero-order valence-corrected chi connectivity index (χ0v) is 20.1. The average molecular weight is 473 g/mol. The normalized spacial score (nSPS) is 12.9. The van der Waals surface area contributed by atoms with E-state index in [0.29, 0.717) is 11.3 Å². The van der Waals surface area contributed by atoms with Crippen molar-refractivity contribution in [3.8, 4) is 5.75 Å². The molecule has 0 aliphatic rings. The first-order valence-electron chi connectivity index (χ1n) is 10.8. The summed E-state index contributed by atoms with van der Waals surface area (Å²) in [4.78, 5) is 38.1. The third kappa shape index (κ3) is 7.77. The molecule has 34 heavy (non-hydrogen) atoms. The molecule has 0 spiro atoms. The first-order chi connectivity index (χ1) is 16.1. The van der Waals surface area contributed by atoms with Crippen LogP contribution in [0.2, 0.25) is 0 Å². The van der Waals surface area contributed by atoms with Crippen LogP contribution < -0.4 is 10.2 Å². The lowest BCUT2D eigenvalue weighted by Crippen LogP contribution is -2.60. The summed E-state index contributed by atoms with van der Waals surface area (Å²) < 4.78 is 15.8. The zero-order chi connectivity index (χ0) is 25.3. The maximum Gasteiger partial charge on any atom is 0.425 e. The number of hydrazine groups is 1. The number of methoxy groups -OCH3 is 2. The fourth-order valence-corrected chi connectivity index (χ4v) is 3.28. The number of benzene rings is 2. The van der Waals surface area contributed by atoms with Crippen LogP contribution in [0.25, 0.3) is 0 Å². The predicted octanol–water partition coefficient (Wildman–Crippen LogP) is 3.22. The van der Waals surface area contributed by atoms with Gasteiger partial charge in [-0.1, -0.05) is 48.5 Å². The van der Waals surface area contributed by atoms with Gasteiger partial charge in [-0.3, -0.25) is 4.79 Å². The van der Waals surface area contributed by atoms with E-state index in [1.807, 2.05) is 6.07 Å². The highest BCUT2D eigenvalue weighted by molar-refractivity contribution is 5.82. The van der Waals surface area contributed by atoms with Crippen molar-refractivity contribution in [2.24, 2.45) is 0 Å². The summed E-state index contributed by atoms with van der Waals surface area (Å²) in [6.07, 6.45) is -0.830. The van der Waals surface area contributed by atoms with Crippen molar-refractivity contribution in [2.75, 3.05) is 14.2 Å². The minimum absolute atomic E-state index is 0.0160. The monoisotopic (exact) mass is 472 g/mol. The van der Waals surface area contributed by atoms with Gasteiger partial charge in [0.1, 0.15) is 17.4 Å². The van der Waals surface area contributed by atoms with Gasteiger partial charge in [-0.15, -0.1) is 0 Å². The van der Waals surface area contributed by atoms with Gasteiger partial charge in [0, 0.05) is 12.8 Å². The number of carbonyl (C=O) groups is 3. The van der Waals surface area contributed by atoms with Crippen molar-refractivity contribution >= 4 is 18.0 Å². The number of carbonyl (C=O) groups excluding carboxylic acids is 2. The van der Waals surface area contributed by atoms with E-state index in [9.17, 15) is 19.5 Å². The minimum Gasteiger partial charge on any atom is -0.496 e.